The van der Waals surface area contributed by atoms with Crippen LogP contribution in [0.15, 0.2) is 60.8 Å². The zero-order valence-electron chi connectivity index (χ0n) is 15.0. The average Bonchev–Trinajstić information content (AvgIpc) is 3.09. The van der Waals surface area contributed by atoms with Gasteiger partial charge in [0.25, 0.3) is 0 Å². The lowest BCUT2D eigenvalue weighted by molar-refractivity contribution is 0.443. The third-order valence-corrected chi connectivity index (χ3v) is 3.87. The Morgan fingerprint density at radius 2 is 2.19 bits per heavy atom. The Kier molecular flexibility index (Phi) is 6.03. The Balaban J connectivity index is 1.89. The van der Waals surface area contributed by atoms with E-state index in [2.05, 4.69) is 26.2 Å². The number of ether oxygens (including phenoxy) is 1. The molecule has 0 bridgehead atoms. The number of fused-ring (bicyclic) bond motifs is 1. The molecule has 6 nitrogen and oxygen atoms in total. The Bertz CT molecular complexity index is 1020. The van der Waals surface area contributed by atoms with Crippen LogP contribution in [0.4, 0.5) is 0 Å². The van der Waals surface area contributed by atoms with Gasteiger partial charge in [-0.1, -0.05) is 5.92 Å². The van der Waals surface area contributed by atoms with Crippen LogP contribution in [0.25, 0.3) is 22.3 Å². The number of rotatable bonds is 7. The van der Waals surface area contributed by atoms with Crippen molar-refractivity contribution in [2.24, 2.45) is 0 Å². The van der Waals surface area contributed by atoms with Crippen molar-refractivity contribution in [2.45, 2.75) is 13.5 Å². The molecule has 0 aliphatic rings. The minimum atomic E-state index is 0.588. The molecular weight excluding hydrogens is 337 g/mol. The highest BCUT2D eigenvalue weighted by Gasteiger charge is 2.13. The molecule has 2 heterocycles. The van der Waals surface area contributed by atoms with Gasteiger partial charge in [-0.15, -0.1) is 6.42 Å². The lowest BCUT2D eigenvalue weighted by Crippen LogP contribution is -2.17. The summed E-state index contributed by atoms with van der Waals surface area (Å²) in [6.07, 6.45) is 13.7. The summed E-state index contributed by atoms with van der Waals surface area (Å²) in [7, 11) is 5.38. The molecule has 3 aromatic rings. The van der Waals surface area contributed by atoms with E-state index in [-0.39, 0.29) is 0 Å². The van der Waals surface area contributed by atoms with Gasteiger partial charge in [-0.2, -0.15) is 5.10 Å². The van der Waals surface area contributed by atoms with Crippen molar-refractivity contribution in [3.8, 4) is 29.4 Å². The SMILES string of the molecule is [B]NCCn1nc(-c2ccc(OC(/C=C\C#C)=C/C)cc2)c2cncnc21. The molecule has 7 heteroatoms. The zero-order valence-corrected chi connectivity index (χ0v) is 15.0. The Morgan fingerprint density at radius 1 is 1.37 bits per heavy atom. The first kappa shape index (κ1) is 18.4. The second-order valence-corrected chi connectivity index (χ2v) is 5.60. The molecule has 132 valence electrons. The second kappa shape index (κ2) is 8.83. The van der Waals surface area contributed by atoms with Crippen LogP contribution >= 0.6 is 0 Å². The van der Waals surface area contributed by atoms with Crippen molar-refractivity contribution in [3.05, 3.63) is 60.8 Å². The maximum Gasteiger partial charge on any atom is 0.177 e. The molecule has 0 amide bonds. The summed E-state index contributed by atoms with van der Waals surface area (Å²) < 4.78 is 7.63. The number of hydrogen-bond donors (Lipinski definition) is 1. The first-order chi connectivity index (χ1) is 13.3. The van der Waals surface area contributed by atoms with E-state index in [1.165, 1.54) is 6.33 Å². The normalized spacial score (nSPS) is 11.8. The molecule has 3 rings (SSSR count). The summed E-state index contributed by atoms with van der Waals surface area (Å²) in [6, 6.07) is 7.68. The summed E-state index contributed by atoms with van der Waals surface area (Å²) in [5.74, 6) is 3.83. The molecule has 0 fully saturated rings. The third-order valence-electron chi connectivity index (χ3n) is 3.87. The monoisotopic (exact) mass is 355 g/mol. The van der Waals surface area contributed by atoms with Crippen LogP contribution < -0.4 is 9.96 Å². The molecule has 1 N–H and O–H groups in total. The van der Waals surface area contributed by atoms with Crippen molar-refractivity contribution in [2.75, 3.05) is 6.54 Å². The van der Waals surface area contributed by atoms with E-state index in [0.717, 1.165) is 22.3 Å². The second-order valence-electron chi connectivity index (χ2n) is 5.60. The van der Waals surface area contributed by atoms with E-state index in [0.29, 0.717) is 24.6 Å². The van der Waals surface area contributed by atoms with E-state index >= 15 is 0 Å². The van der Waals surface area contributed by atoms with Crippen molar-refractivity contribution in [3.63, 3.8) is 0 Å². The standard InChI is InChI=1S/C20H18BN5O/c1-3-5-6-16(4-2)27-17-9-7-15(8-10-17)19-18-13-22-14-23-20(18)26(25-19)12-11-24-21/h1,4-10,13-14,24H,11-12H2,2H3/b6-5-,16-4+. The molecule has 0 saturated heterocycles. The maximum absolute atomic E-state index is 5.81. The van der Waals surface area contributed by atoms with Gasteiger partial charge in [-0.05, 0) is 49.4 Å². The molecule has 2 radical (unpaired) electrons. The van der Waals surface area contributed by atoms with E-state index in [9.17, 15) is 0 Å². The molecule has 27 heavy (non-hydrogen) atoms. The summed E-state index contributed by atoms with van der Waals surface area (Å²) in [6.45, 7) is 3.08. The molecule has 1 aromatic carbocycles. The topological polar surface area (TPSA) is 64.9 Å². The highest BCUT2D eigenvalue weighted by molar-refractivity contribution is 6.04. The van der Waals surface area contributed by atoms with Crippen LogP contribution in [0.3, 0.4) is 0 Å². The number of aromatic nitrogens is 4. The first-order valence-corrected chi connectivity index (χ1v) is 8.44. The molecule has 0 spiro atoms. The molecule has 0 aliphatic heterocycles. The number of allylic oxidation sites excluding steroid dienone is 3. The van der Waals surface area contributed by atoms with Gasteiger partial charge in [0.2, 0.25) is 0 Å². The van der Waals surface area contributed by atoms with Gasteiger partial charge in [0.1, 0.15) is 23.5 Å². The largest absolute Gasteiger partial charge is 0.458 e. The number of hydrogen-bond acceptors (Lipinski definition) is 5. The van der Waals surface area contributed by atoms with Crippen molar-refractivity contribution in [1.82, 2.24) is 25.0 Å². The predicted molar refractivity (Wildman–Crippen MR) is 107 cm³/mol. The number of benzene rings is 1. The molecule has 2 aromatic heterocycles. The van der Waals surface area contributed by atoms with Crippen molar-refractivity contribution in [1.29, 1.82) is 0 Å². The van der Waals surface area contributed by atoms with Gasteiger partial charge in [-0.25, -0.2) is 14.6 Å². The van der Waals surface area contributed by atoms with Crippen LogP contribution in [0.2, 0.25) is 0 Å². The van der Waals surface area contributed by atoms with E-state index < -0.39 is 0 Å². The van der Waals surface area contributed by atoms with Crippen LogP contribution in [0.1, 0.15) is 6.92 Å². The van der Waals surface area contributed by atoms with E-state index in [1.807, 2.05) is 41.9 Å². The Hall–Kier alpha value is -3.37. The number of nitrogens with one attached hydrogen (secondary N) is 1. The lowest BCUT2D eigenvalue weighted by Gasteiger charge is -2.06. The minimum Gasteiger partial charge on any atom is -0.458 e. The fourth-order valence-electron chi connectivity index (χ4n) is 2.59. The predicted octanol–water partition coefficient (Wildman–Crippen LogP) is 2.64. The highest BCUT2D eigenvalue weighted by atomic mass is 16.5. The molecule has 0 atom stereocenters. The molecule has 0 saturated carbocycles. The molecule has 0 aliphatic carbocycles. The van der Waals surface area contributed by atoms with Gasteiger partial charge in [0, 0.05) is 18.3 Å². The Labute approximate surface area is 159 Å². The lowest BCUT2D eigenvalue weighted by atomic mass is 10.1. The molecular formula is C20H18BN5O. The minimum absolute atomic E-state index is 0.588. The van der Waals surface area contributed by atoms with Crippen LogP contribution in [0.5, 0.6) is 5.75 Å². The van der Waals surface area contributed by atoms with Gasteiger partial charge in [0.15, 0.2) is 13.6 Å². The number of nitrogens with zero attached hydrogens (tertiary/aromatic N) is 4. The summed E-state index contributed by atoms with van der Waals surface area (Å²) in [4.78, 5) is 8.47. The average molecular weight is 355 g/mol. The number of terminal acetylenes is 1. The first-order valence-electron chi connectivity index (χ1n) is 8.44. The fraction of sp³-hybridized carbons (Fsp3) is 0.150. The van der Waals surface area contributed by atoms with Crippen LogP contribution in [0, 0.1) is 12.3 Å². The van der Waals surface area contributed by atoms with Gasteiger partial charge >= 0.3 is 0 Å². The van der Waals surface area contributed by atoms with Gasteiger partial charge in [-0.3, -0.25) is 0 Å². The highest BCUT2D eigenvalue weighted by Crippen LogP contribution is 2.28. The maximum atomic E-state index is 5.81. The van der Waals surface area contributed by atoms with E-state index in [4.69, 9.17) is 19.1 Å². The van der Waals surface area contributed by atoms with Crippen molar-refractivity contribution < 1.29 is 4.74 Å². The smallest absolute Gasteiger partial charge is 0.177 e. The quantitative estimate of drug-likeness (QED) is 0.306. The molecule has 0 unspecified atom stereocenters. The van der Waals surface area contributed by atoms with Crippen LogP contribution in [-0.2, 0) is 6.54 Å². The Morgan fingerprint density at radius 3 is 2.89 bits per heavy atom. The van der Waals surface area contributed by atoms with Gasteiger partial charge in [0.05, 0.1) is 11.9 Å². The summed E-state index contributed by atoms with van der Waals surface area (Å²) >= 11 is 0. The summed E-state index contributed by atoms with van der Waals surface area (Å²) in [5.41, 5.74) is 2.53. The van der Waals surface area contributed by atoms with Crippen molar-refractivity contribution >= 4 is 19.0 Å². The third kappa shape index (κ3) is 4.25. The van der Waals surface area contributed by atoms with Gasteiger partial charge < -0.3 is 9.96 Å². The zero-order chi connectivity index (χ0) is 19.1. The fourth-order valence-corrected chi connectivity index (χ4v) is 2.59. The van der Waals surface area contributed by atoms with Crippen LogP contribution in [-0.4, -0.2) is 34.3 Å². The van der Waals surface area contributed by atoms with E-state index in [1.54, 1.807) is 18.3 Å². The summed E-state index contributed by atoms with van der Waals surface area (Å²) in [5, 5.41) is 8.19.